The van der Waals surface area contributed by atoms with Crippen LogP contribution in [0.5, 0.6) is 0 Å². The number of hydrogen-bond acceptors (Lipinski definition) is 3. The Morgan fingerprint density at radius 3 is 2.57 bits per heavy atom. The van der Waals surface area contributed by atoms with Gasteiger partial charge in [0.1, 0.15) is 11.4 Å². The van der Waals surface area contributed by atoms with E-state index in [9.17, 15) is 4.79 Å². The Balaban J connectivity index is 2.39. The molecular formula is C10H6BNO2. The molecule has 0 fully saturated rings. The van der Waals surface area contributed by atoms with Crippen LogP contribution < -0.4 is 0 Å². The minimum atomic E-state index is -0.587. The van der Waals surface area contributed by atoms with Gasteiger partial charge in [0.15, 0.2) is 13.6 Å². The van der Waals surface area contributed by atoms with Crippen molar-refractivity contribution in [2.24, 2.45) is 0 Å². The zero-order valence-corrected chi connectivity index (χ0v) is 7.31. The summed E-state index contributed by atoms with van der Waals surface area (Å²) in [5.74, 6) is 0.541. The summed E-state index contributed by atoms with van der Waals surface area (Å²) in [7, 11) is 5.04. The van der Waals surface area contributed by atoms with Gasteiger partial charge in [0.25, 0.3) is 0 Å². The maximum atomic E-state index is 10.7. The zero-order chi connectivity index (χ0) is 9.97. The van der Waals surface area contributed by atoms with Gasteiger partial charge in [-0.05, 0) is 0 Å². The lowest BCUT2D eigenvalue weighted by molar-refractivity contribution is 0.107. The van der Waals surface area contributed by atoms with Gasteiger partial charge in [-0.3, -0.25) is 0 Å². The first kappa shape index (κ1) is 8.75. The van der Waals surface area contributed by atoms with E-state index in [0.29, 0.717) is 5.76 Å². The predicted octanol–water partition coefficient (Wildman–Crippen LogP) is 1.65. The van der Waals surface area contributed by atoms with Crippen molar-refractivity contribution in [1.29, 1.82) is 0 Å². The fraction of sp³-hybridized carbons (Fsp3) is 0. The maximum absolute atomic E-state index is 10.7. The molecule has 0 N–H and O–H groups in total. The molecule has 0 saturated carbocycles. The zero-order valence-electron chi connectivity index (χ0n) is 7.31. The molecule has 0 bridgehead atoms. The highest BCUT2D eigenvalue weighted by atomic mass is 16.5. The topological polar surface area (TPSA) is 43.1 Å². The second-order valence-corrected chi connectivity index (χ2v) is 2.81. The number of carbonyl (C=O) groups excluding carboxylic acids is 1. The van der Waals surface area contributed by atoms with E-state index in [1.54, 1.807) is 0 Å². The Hall–Kier alpha value is -1.84. The summed E-state index contributed by atoms with van der Waals surface area (Å²) in [6.45, 7) is 0. The lowest BCUT2D eigenvalue weighted by Gasteiger charge is -1.91. The summed E-state index contributed by atoms with van der Waals surface area (Å²) >= 11 is 0. The third-order valence-electron chi connectivity index (χ3n) is 1.82. The van der Waals surface area contributed by atoms with Crippen LogP contribution in [-0.4, -0.2) is 18.7 Å². The smallest absolute Gasteiger partial charge is 0.177 e. The van der Waals surface area contributed by atoms with Crippen molar-refractivity contribution < 1.29 is 9.32 Å². The number of benzene rings is 1. The average Bonchev–Trinajstić information content (AvgIpc) is 2.68. The Labute approximate surface area is 82.1 Å². The Morgan fingerprint density at radius 1 is 1.29 bits per heavy atom. The molecule has 0 atom stereocenters. The van der Waals surface area contributed by atoms with Crippen molar-refractivity contribution in [1.82, 2.24) is 5.16 Å². The van der Waals surface area contributed by atoms with E-state index >= 15 is 0 Å². The number of nitrogens with zero attached hydrogens (tertiary/aromatic N) is 1. The fourth-order valence-corrected chi connectivity index (χ4v) is 1.13. The lowest BCUT2D eigenvalue weighted by Crippen LogP contribution is -1.95. The fourth-order valence-electron chi connectivity index (χ4n) is 1.13. The van der Waals surface area contributed by atoms with E-state index in [1.807, 2.05) is 30.3 Å². The van der Waals surface area contributed by atoms with Crippen LogP contribution in [0.2, 0.25) is 0 Å². The van der Waals surface area contributed by atoms with E-state index in [1.165, 1.54) is 6.07 Å². The third kappa shape index (κ3) is 1.59. The number of rotatable bonds is 2. The van der Waals surface area contributed by atoms with E-state index in [0.717, 1.165) is 5.56 Å². The van der Waals surface area contributed by atoms with Crippen LogP contribution in [0.4, 0.5) is 0 Å². The van der Waals surface area contributed by atoms with Gasteiger partial charge in [-0.25, -0.2) is 0 Å². The molecule has 2 rings (SSSR count). The summed E-state index contributed by atoms with van der Waals surface area (Å²) in [4.78, 5) is 10.7. The monoisotopic (exact) mass is 183 g/mol. The normalized spacial score (nSPS) is 10.0. The summed E-state index contributed by atoms with van der Waals surface area (Å²) < 4.78 is 4.96. The summed E-state index contributed by atoms with van der Waals surface area (Å²) in [5.41, 5.74) is 0.423. The van der Waals surface area contributed by atoms with E-state index in [2.05, 4.69) is 5.16 Å². The maximum Gasteiger partial charge on any atom is 0.177 e. The van der Waals surface area contributed by atoms with E-state index < -0.39 is 5.68 Å². The Bertz CT molecular complexity index is 450. The predicted molar refractivity (Wildman–Crippen MR) is 52.0 cm³/mol. The molecule has 0 saturated heterocycles. The standard InChI is InChI=1S/C10H6BNO2/c11-10(13)8-6-9(14-12-8)7-4-2-1-3-5-7/h1-6H. The van der Waals surface area contributed by atoms with Gasteiger partial charge < -0.3 is 9.32 Å². The van der Waals surface area contributed by atoms with Crippen molar-refractivity contribution in [2.45, 2.75) is 0 Å². The van der Waals surface area contributed by atoms with Crippen LogP contribution in [0.3, 0.4) is 0 Å². The Kier molecular flexibility index (Phi) is 2.19. The average molecular weight is 183 g/mol. The first-order valence-electron chi connectivity index (χ1n) is 4.09. The molecule has 0 amide bonds. The second kappa shape index (κ2) is 3.50. The lowest BCUT2D eigenvalue weighted by atomic mass is 9.99. The highest BCUT2D eigenvalue weighted by Gasteiger charge is 2.08. The molecule has 66 valence electrons. The molecule has 1 aromatic carbocycles. The van der Waals surface area contributed by atoms with Crippen molar-refractivity contribution in [2.75, 3.05) is 0 Å². The third-order valence-corrected chi connectivity index (χ3v) is 1.82. The minimum absolute atomic E-state index is 0.142. The molecule has 0 aliphatic rings. The first-order valence-corrected chi connectivity index (χ1v) is 4.09. The van der Waals surface area contributed by atoms with Crippen LogP contribution in [-0.2, 0) is 0 Å². The van der Waals surface area contributed by atoms with Gasteiger partial charge in [-0.15, -0.1) is 0 Å². The van der Waals surface area contributed by atoms with E-state index in [4.69, 9.17) is 12.4 Å². The van der Waals surface area contributed by atoms with Gasteiger partial charge in [0.2, 0.25) is 0 Å². The summed E-state index contributed by atoms with van der Waals surface area (Å²) in [5, 5.41) is 3.54. The molecule has 0 aliphatic carbocycles. The molecular weight excluding hydrogens is 177 g/mol. The second-order valence-electron chi connectivity index (χ2n) is 2.81. The van der Waals surface area contributed by atoms with Crippen LogP contribution in [0, 0.1) is 0 Å². The van der Waals surface area contributed by atoms with Crippen LogP contribution in [0.1, 0.15) is 10.5 Å². The Morgan fingerprint density at radius 2 is 2.00 bits per heavy atom. The first-order chi connectivity index (χ1) is 6.77. The highest BCUT2D eigenvalue weighted by Crippen LogP contribution is 2.19. The molecule has 0 unspecified atom stereocenters. The molecule has 1 heterocycles. The molecule has 0 spiro atoms. The van der Waals surface area contributed by atoms with E-state index in [-0.39, 0.29) is 5.69 Å². The molecule has 3 nitrogen and oxygen atoms in total. The molecule has 4 heteroatoms. The highest BCUT2D eigenvalue weighted by molar-refractivity contribution is 6.62. The largest absolute Gasteiger partial charge is 0.356 e. The van der Waals surface area contributed by atoms with Crippen LogP contribution >= 0.6 is 0 Å². The quantitative estimate of drug-likeness (QED) is 0.664. The van der Waals surface area contributed by atoms with Gasteiger partial charge >= 0.3 is 0 Å². The molecule has 2 radical (unpaired) electrons. The van der Waals surface area contributed by atoms with Gasteiger partial charge in [0, 0.05) is 11.6 Å². The van der Waals surface area contributed by atoms with Crippen molar-refractivity contribution >= 4 is 13.5 Å². The van der Waals surface area contributed by atoms with Crippen molar-refractivity contribution in [3.8, 4) is 11.3 Å². The van der Waals surface area contributed by atoms with Crippen LogP contribution in [0.15, 0.2) is 40.9 Å². The van der Waals surface area contributed by atoms with Crippen molar-refractivity contribution in [3.63, 3.8) is 0 Å². The number of carbonyl (C=O) groups is 1. The number of aromatic nitrogens is 1. The molecule has 14 heavy (non-hydrogen) atoms. The molecule has 2 aromatic rings. The van der Waals surface area contributed by atoms with Gasteiger partial charge in [-0.2, -0.15) is 0 Å². The summed E-state index contributed by atoms with van der Waals surface area (Å²) in [6, 6.07) is 10.9. The van der Waals surface area contributed by atoms with Gasteiger partial charge in [0.05, 0.1) is 0 Å². The van der Waals surface area contributed by atoms with Crippen molar-refractivity contribution in [3.05, 3.63) is 42.1 Å². The number of hydrogen-bond donors (Lipinski definition) is 0. The molecule has 1 aromatic heterocycles. The SMILES string of the molecule is [B]C(=O)c1cc(-c2ccccc2)on1. The van der Waals surface area contributed by atoms with Crippen LogP contribution in [0.25, 0.3) is 11.3 Å². The molecule has 0 aliphatic heterocycles. The minimum Gasteiger partial charge on any atom is -0.356 e. The summed E-state index contributed by atoms with van der Waals surface area (Å²) in [6.07, 6.45) is 0. The van der Waals surface area contributed by atoms with Gasteiger partial charge in [-0.1, -0.05) is 35.5 Å².